The summed E-state index contributed by atoms with van der Waals surface area (Å²) in [6, 6.07) is 7.56. The minimum Gasteiger partial charge on any atom is -0.460 e. The molecule has 0 aliphatic heterocycles. The molecule has 2 rings (SSSR count). The van der Waals surface area contributed by atoms with Crippen LogP contribution in [0.15, 0.2) is 48.5 Å². The van der Waals surface area contributed by atoms with Crippen LogP contribution in [-0.2, 0) is 9.53 Å². The van der Waals surface area contributed by atoms with Gasteiger partial charge in [-0.2, -0.15) is 13.2 Å². The van der Waals surface area contributed by atoms with Gasteiger partial charge in [-0.15, -0.1) is 0 Å². The summed E-state index contributed by atoms with van der Waals surface area (Å²) in [4.78, 5) is 11.7. The van der Waals surface area contributed by atoms with Gasteiger partial charge in [-0.25, -0.2) is 13.6 Å². The van der Waals surface area contributed by atoms with Crippen LogP contribution in [0.2, 0.25) is 0 Å². The molecule has 0 aliphatic carbocycles. The SMILES string of the molecule is C[C@H](OC(=O)[C@@H](N)C(F)(F)F)C(c1ccc(F)cc1)c1ccc(F)cc1. The highest BCUT2D eigenvalue weighted by molar-refractivity contribution is 5.76. The van der Waals surface area contributed by atoms with E-state index in [-0.39, 0.29) is 0 Å². The molecule has 8 heteroatoms. The van der Waals surface area contributed by atoms with Crippen LogP contribution in [0.4, 0.5) is 22.0 Å². The molecular formula is C18H16F5NO2. The number of halogens is 5. The van der Waals surface area contributed by atoms with Crippen LogP contribution in [0.5, 0.6) is 0 Å². The molecule has 2 aromatic carbocycles. The summed E-state index contributed by atoms with van der Waals surface area (Å²) in [7, 11) is 0. The van der Waals surface area contributed by atoms with Crippen LogP contribution in [-0.4, -0.2) is 24.3 Å². The van der Waals surface area contributed by atoms with Gasteiger partial charge in [-0.05, 0) is 42.3 Å². The van der Waals surface area contributed by atoms with Gasteiger partial charge in [-0.1, -0.05) is 24.3 Å². The van der Waals surface area contributed by atoms with Crippen molar-refractivity contribution < 1.29 is 31.5 Å². The van der Waals surface area contributed by atoms with Gasteiger partial charge in [0, 0.05) is 5.92 Å². The molecule has 0 aromatic heterocycles. The van der Waals surface area contributed by atoms with Crippen molar-refractivity contribution in [3.8, 4) is 0 Å². The van der Waals surface area contributed by atoms with Crippen LogP contribution in [0.3, 0.4) is 0 Å². The summed E-state index contributed by atoms with van der Waals surface area (Å²) < 4.78 is 69.0. The van der Waals surface area contributed by atoms with Gasteiger partial charge < -0.3 is 10.5 Å². The van der Waals surface area contributed by atoms with E-state index in [1.807, 2.05) is 0 Å². The van der Waals surface area contributed by atoms with Crippen molar-refractivity contribution in [3.05, 3.63) is 71.3 Å². The van der Waals surface area contributed by atoms with E-state index in [4.69, 9.17) is 10.5 Å². The molecule has 0 radical (unpaired) electrons. The number of ether oxygens (including phenoxy) is 1. The van der Waals surface area contributed by atoms with Crippen LogP contribution < -0.4 is 5.73 Å². The second-order valence-corrected chi connectivity index (χ2v) is 5.74. The fraction of sp³-hybridized carbons (Fsp3) is 0.278. The molecule has 0 spiro atoms. The Morgan fingerprint density at radius 3 is 1.65 bits per heavy atom. The molecule has 0 unspecified atom stereocenters. The average Bonchev–Trinajstić information content (AvgIpc) is 2.57. The number of hydrogen-bond acceptors (Lipinski definition) is 3. The number of nitrogens with two attached hydrogens (primary N) is 1. The van der Waals surface area contributed by atoms with Gasteiger partial charge in [0.2, 0.25) is 0 Å². The fourth-order valence-corrected chi connectivity index (χ4v) is 2.53. The minimum atomic E-state index is -4.93. The molecule has 2 atom stereocenters. The number of alkyl halides is 3. The highest BCUT2D eigenvalue weighted by atomic mass is 19.4. The Kier molecular flexibility index (Phi) is 5.97. The van der Waals surface area contributed by atoms with E-state index in [0.29, 0.717) is 11.1 Å². The third-order valence-corrected chi connectivity index (χ3v) is 3.84. The predicted octanol–water partition coefficient (Wildman–Crippen LogP) is 3.92. The summed E-state index contributed by atoms with van der Waals surface area (Å²) in [5, 5.41) is 0. The van der Waals surface area contributed by atoms with E-state index >= 15 is 0 Å². The minimum absolute atomic E-state index is 0.485. The molecule has 2 N–H and O–H groups in total. The van der Waals surface area contributed by atoms with Crippen LogP contribution in [0.1, 0.15) is 24.0 Å². The lowest BCUT2D eigenvalue weighted by Gasteiger charge is -2.26. The third kappa shape index (κ3) is 4.78. The lowest BCUT2D eigenvalue weighted by atomic mass is 9.87. The highest BCUT2D eigenvalue weighted by Crippen LogP contribution is 2.31. The first kappa shape index (κ1) is 19.8. The van der Waals surface area contributed by atoms with Gasteiger partial charge in [0.1, 0.15) is 17.7 Å². The normalized spacial score (nSPS) is 14.2. The van der Waals surface area contributed by atoms with E-state index in [2.05, 4.69) is 0 Å². The van der Waals surface area contributed by atoms with E-state index in [1.165, 1.54) is 55.5 Å². The number of benzene rings is 2. The second kappa shape index (κ2) is 7.82. The van der Waals surface area contributed by atoms with Crippen molar-refractivity contribution in [2.24, 2.45) is 5.73 Å². The summed E-state index contributed by atoms with van der Waals surface area (Å²) in [6.07, 6.45) is -6.00. The van der Waals surface area contributed by atoms with E-state index in [1.54, 1.807) is 0 Å². The Bertz CT molecular complexity index is 698. The van der Waals surface area contributed by atoms with Crippen LogP contribution in [0.25, 0.3) is 0 Å². The first-order valence-corrected chi connectivity index (χ1v) is 7.63. The Morgan fingerprint density at radius 2 is 1.31 bits per heavy atom. The number of hydrogen-bond donors (Lipinski definition) is 1. The Labute approximate surface area is 146 Å². The Balaban J connectivity index is 2.32. The highest BCUT2D eigenvalue weighted by Gasteiger charge is 2.44. The average molecular weight is 373 g/mol. The van der Waals surface area contributed by atoms with Gasteiger partial charge in [0.05, 0.1) is 0 Å². The maximum atomic E-state index is 13.2. The second-order valence-electron chi connectivity index (χ2n) is 5.74. The molecule has 3 nitrogen and oxygen atoms in total. The quantitative estimate of drug-likeness (QED) is 0.639. The Morgan fingerprint density at radius 1 is 0.923 bits per heavy atom. The standard InChI is InChI=1S/C18H16F5NO2/c1-10(26-17(25)16(24)18(21,22)23)15(11-2-6-13(19)7-3-11)12-4-8-14(20)9-5-12/h2-10,15-16H,24H2,1H3/t10-,16+/m0/s1. The predicted molar refractivity (Wildman–Crippen MR) is 84.2 cm³/mol. The van der Waals surface area contributed by atoms with Crippen molar-refractivity contribution in [1.82, 2.24) is 0 Å². The molecule has 2 aromatic rings. The van der Waals surface area contributed by atoms with E-state index in [0.717, 1.165) is 0 Å². The zero-order chi connectivity index (χ0) is 19.5. The molecule has 0 bridgehead atoms. The van der Waals surface area contributed by atoms with Gasteiger partial charge in [0.25, 0.3) is 0 Å². The molecule has 0 amide bonds. The molecule has 0 saturated carbocycles. The van der Waals surface area contributed by atoms with E-state index in [9.17, 15) is 26.7 Å². The maximum absolute atomic E-state index is 13.2. The van der Waals surface area contributed by atoms with E-state index < -0.39 is 41.8 Å². The fourth-order valence-electron chi connectivity index (χ4n) is 2.53. The van der Waals surface area contributed by atoms with Crippen molar-refractivity contribution in [2.75, 3.05) is 0 Å². The zero-order valence-corrected chi connectivity index (χ0v) is 13.6. The summed E-state index contributed by atoms with van der Waals surface area (Å²) in [6.45, 7) is 1.39. The van der Waals surface area contributed by atoms with Crippen molar-refractivity contribution >= 4 is 5.97 Å². The number of carbonyl (C=O) groups is 1. The maximum Gasteiger partial charge on any atom is 0.414 e. The van der Waals surface area contributed by atoms with Crippen molar-refractivity contribution in [3.63, 3.8) is 0 Å². The molecule has 26 heavy (non-hydrogen) atoms. The van der Waals surface area contributed by atoms with Crippen molar-refractivity contribution in [2.45, 2.75) is 31.2 Å². The lowest BCUT2D eigenvalue weighted by molar-refractivity contribution is -0.182. The van der Waals surface area contributed by atoms with Gasteiger partial charge >= 0.3 is 12.1 Å². The number of esters is 1. The number of carbonyl (C=O) groups excluding carboxylic acids is 1. The Hall–Kier alpha value is -2.48. The third-order valence-electron chi connectivity index (χ3n) is 3.84. The van der Waals surface area contributed by atoms with Gasteiger partial charge in [0.15, 0.2) is 6.04 Å². The molecule has 0 aliphatic rings. The van der Waals surface area contributed by atoms with Gasteiger partial charge in [-0.3, -0.25) is 0 Å². The first-order chi connectivity index (χ1) is 12.1. The largest absolute Gasteiger partial charge is 0.460 e. The smallest absolute Gasteiger partial charge is 0.414 e. The zero-order valence-electron chi connectivity index (χ0n) is 13.6. The molecule has 0 saturated heterocycles. The molecule has 0 heterocycles. The number of rotatable bonds is 5. The molecule has 140 valence electrons. The molecule has 0 fully saturated rings. The first-order valence-electron chi connectivity index (χ1n) is 7.63. The monoisotopic (exact) mass is 373 g/mol. The summed E-state index contributed by atoms with van der Waals surface area (Å²) in [5.41, 5.74) is 5.83. The topological polar surface area (TPSA) is 52.3 Å². The molecular weight excluding hydrogens is 357 g/mol. The van der Waals surface area contributed by atoms with Crippen LogP contribution >= 0.6 is 0 Å². The summed E-state index contributed by atoms with van der Waals surface area (Å²) >= 11 is 0. The van der Waals surface area contributed by atoms with Crippen LogP contribution in [0, 0.1) is 11.6 Å². The summed E-state index contributed by atoms with van der Waals surface area (Å²) in [5.74, 6) is -3.37. The van der Waals surface area contributed by atoms with Crippen molar-refractivity contribution in [1.29, 1.82) is 0 Å². The lowest BCUT2D eigenvalue weighted by Crippen LogP contribution is -2.46.